The quantitative estimate of drug-likeness (QED) is 0.458. The molecule has 2 N–H and O–H groups in total. The van der Waals surface area contributed by atoms with Crippen molar-refractivity contribution in [3.63, 3.8) is 0 Å². The summed E-state index contributed by atoms with van der Waals surface area (Å²) in [6, 6.07) is 9.14. The van der Waals surface area contributed by atoms with Crippen LogP contribution in [0.5, 0.6) is 23.0 Å². The Hall–Kier alpha value is -3.79. The van der Waals surface area contributed by atoms with Crippen LogP contribution in [0.1, 0.15) is 29.2 Å². The average Bonchev–Trinajstić information content (AvgIpc) is 3.38. The smallest absolute Gasteiger partial charge is 0.226 e. The number of aromatic nitrogens is 3. The van der Waals surface area contributed by atoms with Crippen molar-refractivity contribution >= 4 is 33.3 Å². The molecule has 0 spiro atoms. The number of ether oxygens (including phenoxy) is 3. The lowest BCUT2D eigenvalue weighted by atomic mass is 9.85. The van der Waals surface area contributed by atoms with Crippen LogP contribution in [0.15, 0.2) is 30.3 Å². The summed E-state index contributed by atoms with van der Waals surface area (Å²) in [6.07, 6.45) is 0.230. The van der Waals surface area contributed by atoms with Crippen molar-refractivity contribution in [2.24, 2.45) is 0 Å². The van der Waals surface area contributed by atoms with Crippen molar-refractivity contribution in [1.82, 2.24) is 14.8 Å². The Labute approximate surface area is 193 Å². The van der Waals surface area contributed by atoms with Crippen LogP contribution < -0.4 is 19.5 Å². The Bertz CT molecular complexity index is 1370. The first-order valence-corrected chi connectivity index (χ1v) is 11.0. The summed E-state index contributed by atoms with van der Waals surface area (Å²) in [5, 5.41) is 18.6. The van der Waals surface area contributed by atoms with E-state index in [1.165, 1.54) is 25.6 Å². The van der Waals surface area contributed by atoms with Gasteiger partial charge < -0.3 is 24.6 Å². The van der Waals surface area contributed by atoms with Crippen LogP contribution in [0, 0.1) is 6.92 Å². The molecular formula is C23H22N4O5S. The number of hydrogen-bond acceptors (Lipinski definition) is 8. The second-order valence-electron chi connectivity index (χ2n) is 7.67. The molecule has 0 unspecified atom stereocenters. The van der Waals surface area contributed by atoms with Crippen LogP contribution in [0.25, 0.3) is 15.3 Å². The fourth-order valence-corrected chi connectivity index (χ4v) is 5.15. The minimum absolute atomic E-state index is 0.0819. The Balaban J connectivity index is 1.65. The number of phenolic OH excluding ortho intramolecular Hbond substituents is 1. The lowest BCUT2D eigenvalue weighted by Gasteiger charge is -2.25. The molecule has 0 aliphatic carbocycles. The minimum Gasteiger partial charge on any atom is -0.502 e. The van der Waals surface area contributed by atoms with Gasteiger partial charge in [-0.05, 0) is 42.8 Å². The predicted octanol–water partition coefficient (Wildman–Crippen LogP) is 4.00. The second kappa shape index (κ2) is 7.96. The van der Waals surface area contributed by atoms with Crippen molar-refractivity contribution in [2.75, 3.05) is 26.6 Å². The van der Waals surface area contributed by atoms with E-state index in [2.05, 4.69) is 5.32 Å². The molecular weight excluding hydrogens is 444 g/mol. The van der Waals surface area contributed by atoms with Crippen LogP contribution in [0.2, 0.25) is 0 Å². The van der Waals surface area contributed by atoms with Crippen LogP contribution >= 0.6 is 11.3 Å². The normalized spacial score (nSPS) is 15.3. The number of nitrogens with one attached hydrogen (secondary N) is 1. The Morgan fingerprint density at radius 1 is 1.12 bits per heavy atom. The molecule has 0 saturated carbocycles. The van der Waals surface area contributed by atoms with E-state index in [1.807, 2.05) is 25.1 Å². The third-order valence-corrected chi connectivity index (χ3v) is 6.77. The van der Waals surface area contributed by atoms with Gasteiger partial charge in [-0.1, -0.05) is 11.3 Å². The number of phenols is 1. The monoisotopic (exact) mass is 466 g/mol. The van der Waals surface area contributed by atoms with E-state index in [0.717, 1.165) is 32.8 Å². The van der Waals surface area contributed by atoms with E-state index >= 15 is 0 Å². The zero-order valence-electron chi connectivity index (χ0n) is 18.5. The van der Waals surface area contributed by atoms with Crippen molar-refractivity contribution < 1.29 is 24.1 Å². The molecule has 9 nitrogen and oxygen atoms in total. The highest BCUT2D eigenvalue weighted by molar-refractivity contribution is 7.20. The third-order valence-electron chi connectivity index (χ3n) is 5.77. The number of amides is 1. The Morgan fingerprint density at radius 2 is 1.85 bits per heavy atom. The molecule has 1 aliphatic heterocycles. The predicted molar refractivity (Wildman–Crippen MR) is 124 cm³/mol. The number of fused-ring (bicyclic) bond motifs is 2. The first-order chi connectivity index (χ1) is 15.9. The van der Waals surface area contributed by atoms with Gasteiger partial charge >= 0.3 is 0 Å². The molecule has 33 heavy (non-hydrogen) atoms. The van der Waals surface area contributed by atoms with Gasteiger partial charge in [0.05, 0.1) is 37.2 Å². The van der Waals surface area contributed by atoms with Crippen molar-refractivity contribution in [1.29, 1.82) is 0 Å². The van der Waals surface area contributed by atoms with Crippen LogP contribution in [0.3, 0.4) is 0 Å². The van der Waals surface area contributed by atoms with Crippen LogP contribution in [-0.4, -0.2) is 47.1 Å². The summed E-state index contributed by atoms with van der Waals surface area (Å²) < 4.78 is 18.6. The van der Waals surface area contributed by atoms with Gasteiger partial charge in [0, 0.05) is 17.9 Å². The summed E-state index contributed by atoms with van der Waals surface area (Å²) >= 11 is 1.46. The van der Waals surface area contributed by atoms with Crippen molar-refractivity contribution in [3.8, 4) is 28.1 Å². The number of carbonyl (C=O) groups is 1. The lowest BCUT2D eigenvalue weighted by Crippen LogP contribution is -2.25. The van der Waals surface area contributed by atoms with E-state index < -0.39 is 0 Å². The Morgan fingerprint density at radius 3 is 2.52 bits per heavy atom. The maximum atomic E-state index is 12.7. The topological polar surface area (TPSA) is 108 Å². The molecule has 1 amide bonds. The molecule has 0 saturated heterocycles. The molecule has 2 aromatic carbocycles. The molecule has 1 aliphatic rings. The largest absolute Gasteiger partial charge is 0.502 e. The van der Waals surface area contributed by atoms with E-state index in [1.54, 1.807) is 23.9 Å². The highest BCUT2D eigenvalue weighted by Crippen LogP contribution is 2.45. The maximum Gasteiger partial charge on any atom is 0.226 e. The standard InChI is InChI=1S/C23H22N4O5S/c1-11-20-14(12-7-16(31-3)21(29)17(8-12)32-4)10-19(28)25-22(20)27(26-11)23-24-15-6-5-13(30-2)9-18(15)33-23/h5-9,14,29H,10H2,1-4H3,(H,25,28)/t14-/m1/s1. The third kappa shape index (κ3) is 3.43. The van der Waals surface area contributed by atoms with Gasteiger partial charge in [0.25, 0.3) is 0 Å². The van der Waals surface area contributed by atoms with E-state index in [0.29, 0.717) is 10.9 Å². The van der Waals surface area contributed by atoms with Crippen molar-refractivity contribution in [2.45, 2.75) is 19.3 Å². The number of anilines is 1. The number of aryl methyl sites for hydroxylation is 1. The first kappa shape index (κ1) is 21.1. The van der Waals surface area contributed by atoms with Gasteiger partial charge in [0.15, 0.2) is 11.5 Å². The van der Waals surface area contributed by atoms with E-state index in [-0.39, 0.29) is 35.5 Å². The SMILES string of the molecule is COc1ccc2nc(-n3nc(C)c4c3NC(=O)C[C@@H]4c3cc(OC)c(O)c(OC)c3)sc2c1. The molecule has 3 heterocycles. The number of methoxy groups -OCH3 is 3. The lowest BCUT2D eigenvalue weighted by molar-refractivity contribution is -0.116. The summed E-state index contributed by atoms with van der Waals surface area (Å²) in [6.45, 7) is 1.91. The number of thiazole rings is 1. The summed E-state index contributed by atoms with van der Waals surface area (Å²) in [7, 11) is 4.57. The fraction of sp³-hybridized carbons (Fsp3) is 0.261. The number of carbonyl (C=O) groups excluding carboxylic acids is 1. The summed E-state index contributed by atoms with van der Waals surface area (Å²) in [4.78, 5) is 17.4. The van der Waals surface area contributed by atoms with E-state index in [9.17, 15) is 9.90 Å². The van der Waals surface area contributed by atoms with Gasteiger partial charge in [-0.2, -0.15) is 9.78 Å². The highest BCUT2D eigenvalue weighted by Gasteiger charge is 2.34. The highest BCUT2D eigenvalue weighted by atomic mass is 32.1. The molecule has 170 valence electrons. The maximum absolute atomic E-state index is 12.7. The van der Waals surface area contributed by atoms with Crippen molar-refractivity contribution in [3.05, 3.63) is 47.2 Å². The molecule has 2 aromatic heterocycles. The first-order valence-electron chi connectivity index (χ1n) is 10.2. The Kier molecular flexibility index (Phi) is 5.09. The number of nitrogens with zero attached hydrogens (tertiary/aromatic N) is 3. The second-order valence-corrected chi connectivity index (χ2v) is 8.68. The molecule has 1 atom stereocenters. The van der Waals surface area contributed by atoms with Crippen LogP contribution in [-0.2, 0) is 4.79 Å². The van der Waals surface area contributed by atoms with Crippen LogP contribution in [0.4, 0.5) is 5.82 Å². The van der Waals surface area contributed by atoms with Gasteiger partial charge in [0.2, 0.25) is 16.8 Å². The molecule has 0 radical (unpaired) electrons. The summed E-state index contributed by atoms with van der Waals surface area (Å²) in [5.74, 6) is 1.39. The molecule has 0 bridgehead atoms. The van der Waals surface area contributed by atoms with Gasteiger partial charge in [-0.3, -0.25) is 4.79 Å². The minimum atomic E-state index is -0.291. The molecule has 5 rings (SSSR count). The van der Waals surface area contributed by atoms with E-state index in [4.69, 9.17) is 24.3 Å². The number of aromatic hydroxyl groups is 1. The average molecular weight is 467 g/mol. The van der Waals surface area contributed by atoms with Gasteiger partial charge in [0.1, 0.15) is 11.6 Å². The number of hydrogen-bond donors (Lipinski definition) is 2. The number of benzene rings is 2. The number of rotatable bonds is 5. The fourth-order valence-electron chi connectivity index (χ4n) is 4.20. The van der Waals surface area contributed by atoms with Gasteiger partial charge in [-0.25, -0.2) is 4.98 Å². The zero-order valence-corrected chi connectivity index (χ0v) is 19.3. The molecule has 4 aromatic rings. The van der Waals surface area contributed by atoms with Gasteiger partial charge in [-0.15, -0.1) is 0 Å². The summed E-state index contributed by atoms with van der Waals surface area (Å²) in [5.41, 5.74) is 3.28. The molecule has 0 fully saturated rings. The molecule has 10 heteroatoms. The zero-order chi connectivity index (χ0) is 23.3.